The second kappa shape index (κ2) is 6.20. The molecule has 6 atom stereocenters. The van der Waals surface area contributed by atoms with Crippen molar-refractivity contribution in [3.63, 3.8) is 0 Å². The number of aliphatic carboxylic acids is 1. The number of carbonyl (C=O) groups is 1. The molecule has 0 spiro atoms. The van der Waals surface area contributed by atoms with Gasteiger partial charge in [0, 0.05) is 6.04 Å². The van der Waals surface area contributed by atoms with Crippen molar-refractivity contribution in [1.29, 1.82) is 0 Å². The topological polar surface area (TPSA) is 116 Å². The van der Waals surface area contributed by atoms with Crippen LogP contribution in [0.5, 0.6) is 0 Å². The first kappa shape index (κ1) is 16.7. The Morgan fingerprint density at radius 3 is 2.71 bits per heavy atom. The summed E-state index contributed by atoms with van der Waals surface area (Å²) < 4.78 is 14.6. The van der Waals surface area contributed by atoms with Crippen molar-refractivity contribution in [2.24, 2.45) is 23.5 Å². The molecule has 0 radical (unpaired) electrons. The van der Waals surface area contributed by atoms with Crippen LogP contribution in [0.15, 0.2) is 0 Å². The molecule has 0 aromatic heterocycles. The van der Waals surface area contributed by atoms with E-state index in [1.54, 1.807) is 7.05 Å². The lowest BCUT2D eigenvalue weighted by Gasteiger charge is -2.32. The van der Waals surface area contributed by atoms with E-state index in [0.29, 0.717) is 19.3 Å². The number of nitrogens with two attached hydrogens (primary N) is 1. The standard InChI is InChI=1S/C13H24BFN2O4/c1-17-9-5-7-6-13(16,12(18)19)8(10(7)11(9)15)3-2-4-14(20)21/h7-11,17,20-21H,2-6,16H2,1H3,(H,18,19)/t7-,8+,9-,10-,11+,13+/m1/s1. The number of hydrogen-bond acceptors (Lipinski definition) is 5. The minimum absolute atomic E-state index is 0.0254. The number of nitrogens with one attached hydrogen (secondary N) is 1. The number of hydrogen-bond donors (Lipinski definition) is 5. The lowest BCUT2D eigenvalue weighted by Crippen LogP contribution is -2.53. The molecule has 8 heteroatoms. The first-order valence-electron chi connectivity index (χ1n) is 7.51. The van der Waals surface area contributed by atoms with Gasteiger partial charge >= 0.3 is 13.1 Å². The minimum Gasteiger partial charge on any atom is -0.480 e. The number of halogens is 1. The van der Waals surface area contributed by atoms with Crippen molar-refractivity contribution in [3.05, 3.63) is 0 Å². The second-order valence-electron chi connectivity index (χ2n) is 6.48. The van der Waals surface area contributed by atoms with Crippen molar-refractivity contribution in [2.45, 2.75) is 49.8 Å². The molecule has 0 aromatic rings. The molecule has 2 aliphatic rings. The summed E-state index contributed by atoms with van der Waals surface area (Å²) in [6.45, 7) is 0. The molecule has 6 nitrogen and oxygen atoms in total. The van der Waals surface area contributed by atoms with Gasteiger partial charge in [0.1, 0.15) is 11.7 Å². The van der Waals surface area contributed by atoms with E-state index in [1.165, 1.54) is 0 Å². The van der Waals surface area contributed by atoms with Crippen LogP contribution in [-0.4, -0.2) is 53.0 Å². The van der Waals surface area contributed by atoms with Crippen LogP contribution in [0.1, 0.15) is 25.7 Å². The van der Waals surface area contributed by atoms with Crippen LogP contribution in [0.4, 0.5) is 4.39 Å². The zero-order chi connectivity index (χ0) is 15.8. The minimum atomic E-state index is -1.42. The number of alkyl halides is 1. The van der Waals surface area contributed by atoms with Gasteiger partial charge in [-0.3, -0.25) is 4.79 Å². The summed E-state index contributed by atoms with van der Waals surface area (Å²) in [5.74, 6) is -1.94. The van der Waals surface area contributed by atoms with Gasteiger partial charge in [0.05, 0.1) is 0 Å². The number of fused-ring (bicyclic) bond motifs is 1. The summed E-state index contributed by atoms with van der Waals surface area (Å²) in [4.78, 5) is 11.6. The third kappa shape index (κ3) is 2.95. The molecule has 21 heavy (non-hydrogen) atoms. The van der Waals surface area contributed by atoms with Gasteiger partial charge < -0.3 is 26.2 Å². The number of carboxylic acids is 1. The Morgan fingerprint density at radius 2 is 2.19 bits per heavy atom. The van der Waals surface area contributed by atoms with Crippen molar-refractivity contribution in [3.8, 4) is 0 Å². The van der Waals surface area contributed by atoms with Crippen LogP contribution in [0.25, 0.3) is 0 Å². The van der Waals surface area contributed by atoms with Gasteiger partial charge in [0.15, 0.2) is 0 Å². The van der Waals surface area contributed by atoms with E-state index >= 15 is 0 Å². The summed E-state index contributed by atoms with van der Waals surface area (Å²) in [6, 6.07) is -0.246. The van der Waals surface area contributed by atoms with E-state index in [9.17, 15) is 14.3 Å². The third-order valence-corrected chi connectivity index (χ3v) is 5.33. The Kier molecular flexibility index (Phi) is 4.92. The third-order valence-electron chi connectivity index (χ3n) is 5.33. The molecule has 0 saturated heterocycles. The highest BCUT2D eigenvalue weighted by atomic mass is 19.1. The molecule has 2 saturated carbocycles. The fraction of sp³-hybridized carbons (Fsp3) is 0.923. The van der Waals surface area contributed by atoms with Gasteiger partial charge in [-0.05, 0) is 50.4 Å². The van der Waals surface area contributed by atoms with E-state index < -0.39 is 30.7 Å². The average Bonchev–Trinajstić information content (AvgIpc) is 2.85. The molecule has 0 amide bonds. The van der Waals surface area contributed by atoms with Crippen LogP contribution in [0.3, 0.4) is 0 Å². The average molecular weight is 302 g/mol. The number of carboxylic acid groups (broad SMARTS) is 1. The lowest BCUT2D eigenvalue weighted by molar-refractivity contribution is -0.145. The molecular weight excluding hydrogens is 278 g/mol. The highest BCUT2D eigenvalue weighted by Crippen LogP contribution is 2.54. The molecule has 0 aromatic carbocycles. The Hall–Kier alpha value is -0.695. The van der Waals surface area contributed by atoms with E-state index in [1.807, 2.05) is 0 Å². The van der Waals surface area contributed by atoms with Crippen molar-refractivity contribution in [1.82, 2.24) is 5.32 Å². The lowest BCUT2D eigenvalue weighted by atomic mass is 9.75. The molecule has 0 bridgehead atoms. The predicted molar refractivity (Wildman–Crippen MR) is 76.2 cm³/mol. The van der Waals surface area contributed by atoms with Crippen molar-refractivity contribution in [2.75, 3.05) is 7.05 Å². The van der Waals surface area contributed by atoms with Gasteiger partial charge in [-0.25, -0.2) is 4.39 Å². The van der Waals surface area contributed by atoms with E-state index in [4.69, 9.17) is 15.8 Å². The van der Waals surface area contributed by atoms with Crippen LogP contribution >= 0.6 is 0 Å². The summed E-state index contributed by atoms with van der Waals surface area (Å²) in [7, 11) is 0.288. The quantitative estimate of drug-likeness (QED) is 0.427. The van der Waals surface area contributed by atoms with Gasteiger partial charge in [-0.2, -0.15) is 0 Å². The van der Waals surface area contributed by atoms with Crippen LogP contribution in [-0.2, 0) is 4.79 Å². The molecule has 2 fully saturated rings. The largest absolute Gasteiger partial charge is 0.480 e. The first-order chi connectivity index (χ1) is 9.81. The monoisotopic (exact) mass is 302 g/mol. The fourth-order valence-corrected chi connectivity index (χ4v) is 4.33. The molecular formula is C13H24BFN2O4. The Balaban J connectivity index is 2.15. The SMILES string of the molecule is CN[C@@H]1C[C@@H]2C[C@@](N)(C(=O)O)[C@@H](CCCB(O)O)[C@@H]2[C@H]1F. The van der Waals surface area contributed by atoms with Crippen LogP contribution in [0, 0.1) is 17.8 Å². The predicted octanol–water partition coefficient (Wildman–Crippen LogP) is -0.396. The van der Waals surface area contributed by atoms with Crippen molar-refractivity contribution >= 4 is 13.1 Å². The van der Waals surface area contributed by atoms with Crippen LogP contribution < -0.4 is 11.1 Å². The Morgan fingerprint density at radius 1 is 1.52 bits per heavy atom. The maximum Gasteiger partial charge on any atom is 0.451 e. The molecule has 0 heterocycles. The normalized spacial score (nSPS) is 42.0. The Labute approximate surface area is 124 Å². The van der Waals surface area contributed by atoms with Gasteiger partial charge in [0.2, 0.25) is 0 Å². The maximum atomic E-state index is 14.6. The van der Waals surface area contributed by atoms with Gasteiger partial charge in [-0.15, -0.1) is 0 Å². The summed E-state index contributed by atoms with van der Waals surface area (Å²) >= 11 is 0. The molecule has 2 rings (SSSR count). The second-order valence-corrected chi connectivity index (χ2v) is 6.48. The zero-order valence-corrected chi connectivity index (χ0v) is 12.2. The molecule has 120 valence electrons. The highest BCUT2D eigenvalue weighted by molar-refractivity contribution is 6.40. The van der Waals surface area contributed by atoms with E-state index in [2.05, 4.69) is 5.32 Å². The Bertz CT molecular complexity index is 400. The van der Waals surface area contributed by atoms with E-state index in [0.717, 1.165) is 0 Å². The first-order valence-corrected chi connectivity index (χ1v) is 7.51. The summed E-state index contributed by atoms with van der Waals surface area (Å²) in [6.07, 6.45) is 0.767. The molecule has 6 N–H and O–H groups in total. The van der Waals surface area contributed by atoms with Gasteiger partial charge in [0.25, 0.3) is 0 Å². The summed E-state index contributed by atoms with van der Waals surface area (Å²) in [5, 5.41) is 30.2. The smallest absolute Gasteiger partial charge is 0.451 e. The van der Waals surface area contributed by atoms with E-state index in [-0.39, 0.29) is 30.6 Å². The molecule has 0 aliphatic heterocycles. The number of rotatable bonds is 6. The zero-order valence-electron chi connectivity index (χ0n) is 12.2. The van der Waals surface area contributed by atoms with Gasteiger partial charge in [-0.1, -0.05) is 6.42 Å². The fourth-order valence-electron chi connectivity index (χ4n) is 4.33. The van der Waals surface area contributed by atoms with Crippen molar-refractivity contribution < 1.29 is 24.3 Å². The molecule has 2 aliphatic carbocycles. The maximum absolute atomic E-state index is 14.6. The molecule has 0 unspecified atom stereocenters. The summed E-state index contributed by atoms with van der Waals surface area (Å²) in [5.41, 5.74) is 4.69. The highest BCUT2D eigenvalue weighted by Gasteiger charge is 2.61. The van der Waals surface area contributed by atoms with Crippen LogP contribution in [0.2, 0.25) is 6.32 Å².